The van der Waals surface area contributed by atoms with Crippen molar-refractivity contribution in [1.82, 2.24) is 29.7 Å². The summed E-state index contributed by atoms with van der Waals surface area (Å²) in [5.41, 5.74) is 5.77. The largest absolute Gasteiger partial charge is 0.479 e. The van der Waals surface area contributed by atoms with E-state index in [-0.39, 0.29) is 49.0 Å². The summed E-state index contributed by atoms with van der Waals surface area (Å²) in [6.07, 6.45) is -2.74. The topological polar surface area (TPSA) is 232 Å². The van der Waals surface area contributed by atoms with Gasteiger partial charge >= 0.3 is 19.6 Å². The Morgan fingerprint density at radius 1 is 0.981 bits per heavy atom. The van der Waals surface area contributed by atoms with Gasteiger partial charge in [-0.1, -0.05) is 60.7 Å². The van der Waals surface area contributed by atoms with Gasteiger partial charge in [-0.05, 0) is 44.7 Å². The van der Waals surface area contributed by atoms with Gasteiger partial charge in [-0.2, -0.15) is 9.97 Å². The molecule has 0 radical (unpaired) electrons. The van der Waals surface area contributed by atoms with E-state index < -0.39 is 62.3 Å². The summed E-state index contributed by atoms with van der Waals surface area (Å²) in [5.74, 6) is -1.45. The number of rotatable bonds is 17. The number of fused-ring (bicyclic) bond motifs is 1. The van der Waals surface area contributed by atoms with Crippen LogP contribution in [0, 0.1) is 0 Å². The van der Waals surface area contributed by atoms with E-state index in [1.165, 1.54) is 24.9 Å². The highest BCUT2D eigenvalue weighted by Crippen LogP contribution is 2.44. The molecule has 6 N–H and O–H groups in total. The van der Waals surface area contributed by atoms with Crippen molar-refractivity contribution in [1.29, 1.82) is 0 Å². The fourth-order valence-corrected chi connectivity index (χ4v) is 7.64. The summed E-state index contributed by atoms with van der Waals surface area (Å²) in [7, 11) is -3.08. The number of methoxy groups -OCH3 is 1. The smallest absolute Gasteiger partial charge is 0.342 e. The number of nitrogens with zero attached hydrogens (tertiary/aromatic N) is 4. The predicted molar refractivity (Wildman–Crippen MR) is 188 cm³/mol. The summed E-state index contributed by atoms with van der Waals surface area (Å²) in [6.45, 7) is 4.15. The van der Waals surface area contributed by atoms with Crippen LogP contribution in [0.25, 0.3) is 11.2 Å². The zero-order valence-electron chi connectivity index (χ0n) is 29.2. The molecule has 280 valence electrons. The first kappa shape index (κ1) is 38.7. The number of aliphatic hydroxyl groups excluding tert-OH is 1. The van der Waals surface area contributed by atoms with Crippen molar-refractivity contribution in [2.24, 2.45) is 0 Å². The van der Waals surface area contributed by atoms with Gasteiger partial charge in [0.15, 0.2) is 17.4 Å². The third kappa shape index (κ3) is 8.93. The Morgan fingerprint density at radius 2 is 1.52 bits per heavy atom. The molecular formula is C34H44N7O10P. The summed E-state index contributed by atoms with van der Waals surface area (Å²) in [6, 6.07) is 15.6. The number of nitrogens with two attached hydrogens (primary N) is 1. The number of imidazole rings is 1. The number of ether oxygens (including phenoxy) is 4. The molecule has 0 aliphatic carbocycles. The average molecular weight is 742 g/mol. The number of hydrogen-bond donors (Lipinski definition) is 5. The maximum Gasteiger partial charge on any atom is 0.342 e. The van der Waals surface area contributed by atoms with Gasteiger partial charge in [0.25, 0.3) is 0 Å². The Hall–Kier alpha value is -4.48. The maximum absolute atomic E-state index is 14.9. The highest BCUT2D eigenvalue weighted by atomic mass is 31.2. The number of nitrogens with one attached hydrogen (secondary N) is 2. The van der Waals surface area contributed by atoms with Gasteiger partial charge < -0.3 is 39.4 Å². The molecule has 18 heteroatoms. The number of nitrogen functional groups attached to an aromatic ring is 1. The number of aromatic nitrogens is 4. The minimum absolute atomic E-state index is 0.0494. The lowest BCUT2D eigenvalue weighted by atomic mass is 9.96. The molecule has 5 rings (SSSR count). The number of hydrogen-bond acceptors (Lipinski definition) is 14. The minimum Gasteiger partial charge on any atom is -0.479 e. The van der Waals surface area contributed by atoms with E-state index in [0.717, 1.165) is 11.1 Å². The molecule has 0 amide bonds. The highest BCUT2D eigenvalue weighted by molar-refractivity contribution is 7.54. The monoisotopic (exact) mass is 741 g/mol. The van der Waals surface area contributed by atoms with Crippen LogP contribution < -0.4 is 20.6 Å². The lowest BCUT2D eigenvalue weighted by Crippen LogP contribution is -2.47. The molecule has 6 atom stereocenters. The molecular weight excluding hydrogens is 697 g/mol. The van der Waals surface area contributed by atoms with Crippen molar-refractivity contribution >= 4 is 36.7 Å². The fourth-order valence-electron chi connectivity index (χ4n) is 5.85. The van der Waals surface area contributed by atoms with Gasteiger partial charge in [-0.3, -0.25) is 18.7 Å². The first-order valence-corrected chi connectivity index (χ1v) is 18.3. The lowest BCUT2D eigenvalue weighted by molar-refractivity contribution is -0.145. The quantitative estimate of drug-likeness (QED) is 0.0770. The van der Waals surface area contributed by atoms with Gasteiger partial charge in [0.2, 0.25) is 11.8 Å². The molecule has 17 nitrogen and oxygen atoms in total. The number of benzene rings is 2. The van der Waals surface area contributed by atoms with Crippen molar-refractivity contribution in [3.8, 4) is 5.88 Å². The molecule has 1 fully saturated rings. The summed E-state index contributed by atoms with van der Waals surface area (Å²) < 4.78 is 44.3. The third-order valence-corrected chi connectivity index (χ3v) is 10.2. The number of esters is 2. The van der Waals surface area contributed by atoms with Crippen LogP contribution in [0.5, 0.6) is 5.88 Å². The average Bonchev–Trinajstić information content (AvgIpc) is 3.64. The predicted octanol–water partition coefficient (Wildman–Crippen LogP) is 2.08. The first-order valence-electron chi connectivity index (χ1n) is 16.7. The Kier molecular flexibility index (Phi) is 12.6. The molecule has 0 saturated carbocycles. The molecule has 3 heterocycles. The van der Waals surface area contributed by atoms with Crippen molar-refractivity contribution in [2.45, 2.75) is 69.7 Å². The van der Waals surface area contributed by atoms with Crippen molar-refractivity contribution < 1.29 is 47.8 Å². The van der Waals surface area contributed by atoms with Crippen LogP contribution in [0.1, 0.15) is 38.1 Å². The normalized spacial score (nSPS) is 22.4. The zero-order chi connectivity index (χ0) is 37.5. The molecule has 0 spiro atoms. The molecule has 0 bridgehead atoms. The number of aliphatic hydroxyl groups is 2. The van der Waals surface area contributed by atoms with E-state index >= 15 is 0 Å². The van der Waals surface area contributed by atoms with Crippen LogP contribution >= 0.6 is 7.67 Å². The van der Waals surface area contributed by atoms with Crippen LogP contribution in [0.2, 0.25) is 0 Å². The van der Waals surface area contributed by atoms with E-state index in [1.807, 2.05) is 12.1 Å². The minimum atomic E-state index is -4.46. The number of carbonyl (C=O) groups excluding carboxylic acids is 2. The van der Waals surface area contributed by atoms with E-state index in [1.54, 1.807) is 62.4 Å². The van der Waals surface area contributed by atoms with Crippen LogP contribution in [0.15, 0.2) is 67.0 Å². The standard InChI is InChI=1S/C34H44N7O10P/c1-5-48-30(43)23(17-21-13-9-7-10-14-21)39-52(46,40-24(31(44)49-6-2)18-22-15-11-8-12-16-22)50-19-25-27(42)34(3,45)32(51-25)41-20-36-26-28(41)37-33(35)38-29(26)47-4/h7-16,20,23-25,27,32,42,45H,5-6,17-19H2,1-4H3,(H2,35,37,38)(H2,39,40,46)/t23?,24?,25-,27?,32-,34+,52?/m1/s1. The number of carbonyl (C=O) groups is 2. The third-order valence-electron chi connectivity index (χ3n) is 8.39. The first-order chi connectivity index (χ1) is 24.9. The second kappa shape index (κ2) is 16.9. The molecule has 1 saturated heterocycles. The van der Waals surface area contributed by atoms with Gasteiger partial charge in [0.05, 0.1) is 33.3 Å². The van der Waals surface area contributed by atoms with E-state index in [4.69, 9.17) is 29.2 Å². The Bertz CT molecular complexity index is 1790. The Morgan fingerprint density at radius 3 is 2.02 bits per heavy atom. The van der Waals surface area contributed by atoms with Crippen molar-refractivity contribution in [3.05, 3.63) is 78.1 Å². The molecule has 1 aliphatic rings. The van der Waals surface area contributed by atoms with Gasteiger partial charge in [-0.15, -0.1) is 0 Å². The van der Waals surface area contributed by atoms with E-state index in [0.29, 0.717) is 0 Å². The molecule has 2 aromatic carbocycles. The van der Waals surface area contributed by atoms with Crippen molar-refractivity contribution in [3.63, 3.8) is 0 Å². The second-order valence-electron chi connectivity index (χ2n) is 12.2. The summed E-state index contributed by atoms with van der Waals surface area (Å²) in [5, 5.41) is 28.5. The van der Waals surface area contributed by atoms with Crippen LogP contribution in [-0.2, 0) is 45.7 Å². The van der Waals surface area contributed by atoms with Gasteiger partial charge in [0, 0.05) is 0 Å². The fraction of sp³-hybridized carbons (Fsp3) is 0.441. The van der Waals surface area contributed by atoms with Gasteiger partial charge in [0.1, 0.15) is 29.9 Å². The molecule has 2 aromatic heterocycles. The Labute approximate surface area is 300 Å². The van der Waals surface area contributed by atoms with E-state index in [2.05, 4.69) is 25.1 Å². The Balaban J connectivity index is 1.46. The van der Waals surface area contributed by atoms with Gasteiger partial charge in [-0.25, -0.2) is 15.2 Å². The SMILES string of the molecule is CCOC(=O)C(Cc1ccccc1)NP(=O)(NC(Cc1ccccc1)C(=O)OCC)OC[C@H]1O[C@@H](n2cnc3c(OC)nc(N)nc32)[C@@](C)(O)C1O. The number of anilines is 1. The zero-order valence-corrected chi connectivity index (χ0v) is 30.1. The molecule has 52 heavy (non-hydrogen) atoms. The van der Waals surface area contributed by atoms with Crippen LogP contribution in [-0.4, -0.2) is 98.5 Å². The summed E-state index contributed by atoms with van der Waals surface area (Å²) in [4.78, 5) is 39.1. The lowest BCUT2D eigenvalue weighted by Gasteiger charge is -2.30. The maximum atomic E-state index is 14.9. The van der Waals surface area contributed by atoms with Crippen LogP contribution in [0.3, 0.4) is 0 Å². The molecule has 1 aliphatic heterocycles. The van der Waals surface area contributed by atoms with Crippen LogP contribution in [0.4, 0.5) is 5.95 Å². The van der Waals surface area contributed by atoms with Crippen molar-refractivity contribution in [2.75, 3.05) is 32.7 Å². The molecule has 4 aromatic rings. The molecule has 3 unspecified atom stereocenters. The van der Waals surface area contributed by atoms with E-state index in [9.17, 15) is 24.4 Å². The second-order valence-corrected chi connectivity index (χ2v) is 14.1. The highest BCUT2D eigenvalue weighted by Gasteiger charge is 2.54. The summed E-state index contributed by atoms with van der Waals surface area (Å²) >= 11 is 0.